The van der Waals surface area contributed by atoms with Crippen LogP contribution < -0.4 is 5.73 Å². The normalized spacial score (nSPS) is 21.2. The molecule has 0 heterocycles. The van der Waals surface area contributed by atoms with Gasteiger partial charge in [-0.1, -0.05) is 30.3 Å². The lowest BCUT2D eigenvalue weighted by Crippen LogP contribution is -2.34. The van der Waals surface area contributed by atoms with E-state index in [0.29, 0.717) is 6.04 Å². The number of hydrogen-bond acceptors (Lipinski definition) is 2. The van der Waals surface area contributed by atoms with Crippen LogP contribution in [0.2, 0.25) is 0 Å². The Bertz CT molecular complexity index is 368. The lowest BCUT2D eigenvalue weighted by Gasteiger charge is -2.32. The molecule has 3 rings (SSSR count). The monoisotopic (exact) mass is 244 g/mol. The molecule has 2 aliphatic carbocycles. The van der Waals surface area contributed by atoms with Crippen molar-refractivity contribution in [1.82, 2.24) is 4.90 Å². The van der Waals surface area contributed by atoms with Crippen molar-refractivity contribution in [3.63, 3.8) is 0 Å². The Morgan fingerprint density at radius 3 is 2.39 bits per heavy atom. The molecule has 2 N–H and O–H groups in total. The summed E-state index contributed by atoms with van der Waals surface area (Å²) in [5.74, 6) is 0.967. The van der Waals surface area contributed by atoms with Crippen molar-refractivity contribution in [3.8, 4) is 0 Å². The van der Waals surface area contributed by atoms with E-state index >= 15 is 0 Å². The molecule has 1 aromatic rings. The smallest absolute Gasteiger partial charge is 0.0363 e. The minimum atomic E-state index is 0.546. The average molecular weight is 244 g/mol. The maximum atomic E-state index is 5.84. The lowest BCUT2D eigenvalue weighted by atomic mass is 10.0. The molecule has 1 atom stereocenters. The molecule has 2 saturated carbocycles. The van der Waals surface area contributed by atoms with Crippen molar-refractivity contribution in [2.45, 2.75) is 44.2 Å². The SMILES string of the molecule is NCCC(c1ccccc1)N(CC1CC1)C1CC1. The van der Waals surface area contributed by atoms with Crippen molar-refractivity contribution >= 4 is 0 Å². The molecule has 2 heteroatoms. The van der Waals surface area contributed by atoms with E-state index in [9.17, 15) is 0 Å². The summed E-state index contributed by atoms with van der Waals surface area (Å²) in [6, 6.07) is 12.3. The highest BCUT2D eigenvalue weighted by Gasteiger charge is 2.37. The van der Waals surface area contributed by atoms with Crippen LogP contribution in [-0.4, -0.2) is 24.0 Å². The summed E-state index contributed by atoms with van der Waals surface area (Å²) in [7, 11) is 0. The van der Waals surface area contributed by atoms with Gasteiger partial charge in [0.2, 0.25) is 0 Å². The van der Waals surface area contributed by atoms with Gasteiger partial charge in [-0.3, -0.25) is 4.90 Å². The third-order valence-corrected chi connectivity index (χ3v) is 4.21. The summed E-state index contributed by atoms with van der Waals surface area (Å²) in [6.07, 6.45) is 6.75. The number of benzene rings is 1. The molecule has 1 unspecified atom stereocenters. The van der Waals surface area contributed by atoms with E-state index in [2.05, 4.69) is 35.2 Å². The van der Waals surface area contributed by atoms with Crippen molar-refractivity contribution in [2.75, 3.05) is 13.1 Å². The zero-order valence-corrected chi connectivity index (χ0v) is 11.1. The van der Waals surface area contributed by atoms with Crippen molar-refractivity contribution in [1.29, 1.82) is 0 Å². The minimum Gasteiger partial charge on any atom is -0.330 e. The third-order valence-electron chi connectivity index (χ3n) is 4.21. The van der Waals surface area contributed by atoms with Crippen LogP contribution in [0, 0.1) is 5.92 Å². The van der Waals surface area contributed by atoms with Crippen LogP contribution >= 0.6 is 0 Å². The molecule has 2 fully saturated rings. The van der Waals surface area contributed by atoms with E-state index in [1.54, 1.807) is 0 Å². The Morgan fingerprint density at radius 2 is 1.83 bits per heavy atom. The second kappa shape index (κ2) is 5.41. The Kier molecular flexibility index (Phi) is 3.67. The Balaban J connectivity index is 1.77. The first-order valence-electron chi connectivity index (χ1n) is 7.39. The standard InChI is InChI=1S/C16H24N2/c17-11-10-16(14-4-2-1-3-5-14)18(15-8-9-15)12-13-6-7-13/h1-5,13,15-16H,6-12,17H2. The van der Waals surface area contributed by atoms with Gasteiger partial charge in [0.1, 0.15) is 0 Å². The van der Waals surface area contributed by atoms with Crippen molar-refractivity contribution < 1.29 is 0 Å². The molecule has 0 spiro atoms. The predicted molar refractivity (Wildman–Crippen MR) is 75.3 cm³/mol. The highest BCUT2D eigenvalue weighted by Crippen LogP contribution is 2.40. The highest BCUT2D eigenvalue weighted by atomic mass is 15.2. The number of nitrogens with two attached hydrogens (primary N) is 1. The third kappa shape index (κ3) is 2.93. The first-order valence-corrected chi connectivity index (χ1v) is 7.39. The Labute approximate surface area is 110 Å². The van der Waals surface area contributed by atoms with Crippen LogP contribution in [0.5, 0.6) is 0 Å². The van der Waals surface area contributed by atoms with Crippen LogP contribution in [0.15, 0.2) is 30.3 Å². The van der Waals surface area contributed by atoms with Crippen LogP contribution in [0.3, 0.4) is 0 Å². The summed E-state index contributed by atoms with van der Waals surface area (Å²) < 4.78 is 0. The van der Waals surface area contributed by atoms with Gasteiger partial charge in [-0.15, -0.1) is 0 Å². The molecule has 0 saturated heterocycles. The molecule has 0 bridgehead atoms. The van der Waals surface area contributed by atoms with Crippen LogP contribution in [-0.2, 0) is 0 Å². The zero-order chi connectivity index (χ0) is 12.4. The van der Waals surface area contributed by atoms with Crippen LogP contribution in [0.25, 0.3) is 0 Å². The molecule has 0 amide bonds. The van der Waals surface area contributed by atoms with Gasteiger partial charge in [0.15, 0.2) is 0 Å². The number of nitrogens with zero attached hydrogens (tertiary/aromatic N) is 1. The quantitative estimate of drug-likeness (QED) is 0.799. The van der Waals surface area contributed by atoms with Gasteiger partial charge >= 0.3 is 0 Å². The maximum Gasteiger partial charge on any atom is 0.0363 e. The largest absolute Gasteiger partial charge is 0.330 e. The fraction of sp³-hybridized carbons (Fsp3) is 0.625. The van der Waals surface area contributed by atoms with E-state index in [1.165, 1.54) is 37.8 Å². The second-order valence-corrected chi connectivity index (χ2v) is 5.88. The lowest BCUT2D eigenvalue weighted by molar-refractivity contribution is 0.171. The van der Waals surface area contributed by atoms with Gasteiger partial charge in [-0.2, -0.15) is 0 Å². The molecule has 0 radical (unpaired) electrons. The molecular weight excluding hydrogens is 220 g/mol. The van der Waals surface area contributed by atoms with E-state index in [1.807, 2.05) is 0 Å². The number of hydrogen-bond donors (Lipinski definition) is 1. The molecule has 0 aromatic heterocycles. The summed E-state index contributed by atoms with van der Waals surface area (Å²) in [4.78, 5) is 2.75. The van der Waals surface area contributed by atoms with Gasteiger partial charge in [-0.05, 0) is 50.1 Å². The van der Waals surface area contributed by atoms with Crippen molar-refractivity contribution in [3.05, 3.63) is 35.9 Å². The topological polar surface area (TPSA) is 29.3 Å². The van der Waals surface area contributed by atoms with Crippen LogP contribution in [0.1, 0.15) is 43.7 Å². The Hall–Kier alpha value is -0.860. The van der Waals surface area contributed by atoms with E-state index in [-0.39, 0.29) is 0 Å². The summed E-state index contributed by atoms with van der Waals surface area (Å²) >= 11 is 0. The molecule has 2 nitrogen and oxygen atoms in total. The van der Waals surface area contributed by atoms with Gasteiger partial charge < -0.3 is 5.73 Å². The first-order chi connectivity index (χ1) is 8.88. The average Bonchev–Trinajstić information content (AvgIpc) is 3.28. The summed E-state index contributed by atoms with van der Waals surface area (Å²) in [6.45, 7) is 2.08. The molecule has 1 aromatic carbocycles. The van der Waals surface area contributed by atoms with Gasteiger partial charge in [0, 0.05) is 18.6 Å². The van der Waals surface area contributed by atoms with Crippen molar-refractivity contribution in [2.24, 2.45) is 11.7 Å². The Morgan fingerprint density at radius 1 is 1.11 bits per heavy atom. The molecule has 98 valence electrons. The van der Waals surface area contributed by atoms with Gasteiger partial charge in [0.05, 0.1) is 0 Å². The highest BCUT2D eigenvalue weighted by molar-refractivity contribution is 5.20. The zero-order valence-electron chi connectivity index (χ0n) is 11.1. The summed E-state index contributed by atoms with van der Waals surface area (Å²) in [5.41, 5.74) is 7.30. The molecular formula is C16H24N2. The van der Waals surface area contributed by atoms with E-state index in [0.717, 1.165) is 24.9 Å². The summed E-state index contributed by atoms with van der Waals surface area (Å²) in [5, 5.41) is 0. The first kappa shape index (κ1) is 12.2. The molecule has 18 heavy (non-hydrogen) atoms. The van der Waals surface area contributed by atoms with Gasteiger partial charge in [0.25, 0.3) is 0 Å². The molecule has 0 aliphatic heterocycles. The van der Waals surface area contributed by atoms with Crippen LogP contribution in [0.4, 0.5) is 0 Å². The number of rotatable bonds is 7. The minimum absolute atomic E-state index is 0.546. The van der Waals surface area contributed by atoms with E-state index < -0.39 is 0 Å². The fourth-order valence-corrected chi connectivity index (χ4v) is 2.89. The van der Waals surface area contributed by atoms with Gasteiger partial charge in [-0.25, -0.2) is 0 Å². The predicted octanol–water partition coefficient (Wildman–Crippen LogP) is 2.95. The maximum absolute atomic E-state index is 5.84. The second-order valence-electron chi connectivity index (χ2n) is 5.88. The van der Waals surface area contributed by atoms with E-state index in [4.69, 9.17) is 5.73 Å². The molecule has 2 aliphatic rings. The fourth-order valence-electron chi connectivity index (χ4n) is 2.89.